The van der Waals surface area contributed by atoms with Gasteiger partial charge in [-0.3, -0.25) is 35.6 Å². The summed E-state index contributed by atoms with van der Waals surface area (Å²) in [7, 11) is 0. The minimum Gasteiger partial charge on any atom is -0.394 e. The summed E-state index contributed by atoms with van der Waals surface area (Å²) in [6, 6.07) is 0. The Kier molecular flexibility index (Phi) is 9.02. The van der Waals surface area contributed by atoms with E-state index in [1.54, 1.807) is 0 Å². The van der Waals surface area contributed by atoms with Gasteiger partial charge in [0, 0.05) is 24.7 Å². The maximum absolute atomic E-state index is 12.1. The third-order valence-electron chi connectivity index (χ3n) is 4.84. The van der Waals surface area contributed by atoms with Crippen LogP contribution in [0.15, 0.2) is 15.8 Å². The largest absolute Gasteiger partial charge is 0.394 e. The number of carbonyl (C=O) groups excluding carboxylic acids is 1. The molecule has 0 saturated carbocycles. The van der Waals surface area contributed by atoms with E-state index in [0.29, 0.717) is 13.1 Å². The molecule has 0 unspecified atom stereocenters. The average Bonchev–Trinajstić information content (AvgIpc) is 3.06. The summed E-state index contributed by atoms with van der Waals surface area (Å²) in [4.78, 5) is 41.3. The molecular weight excluding hydrogens is 396 g/mol. The summed E-state index contributed by atoms with van der Waals surface area (Å²) in [6.07, 6.45) is 2.20. The van der Waals surface area contributed by atoms with Gasteiger partial charge < -0.3 is 20.3 Å². The number of ether oxygens (including phenoxy) is 1. The van der Waals surface area contributed by atoms with E-state index in [1.807, 2.05) is 0 Å². The van der Waals surface area contributed by atoms with Crippen LogP contribution in [0.4, 0.5) is 0 Å². The van der Waals surface area contributed by atoms with Crippen LogP contribution in [-0.4, -0.2) is 63.5 Å². The van der Waals surface area contributed by atoms with Gasteiger partial charge in [0.25, 0.3) is 5.56 Å². The first kappa shape index (κ1) is 23.6. The first-order valence-corrected chi connectivity index (χ1v) is 9.99. The second-order valence-electron chi connectivity index (χ2n) is 7.26. The molecule has 1 aromatic heterocycles. The van der Waals surface area contributed by atoms with Crippen LogP contribution in [0.5, 0.6) is 0 Å². The molecule has 2 rings (SSSR count). The highest BCUT2D eigenvalue weighted by molar-refractivity contribution is 5.78. The topological polar surface area (TPSA) is 200 Å². The summed E-state index contributed by atoms with van der Waals surface area (Å²) in [5.74, 6) is -0.133. The molecule has 2 heterocycles. The number of aliphatic hydroxyl groups excluding tert-OH is 2. The number of hydrogen-bond donors (Lipinski definition) is 7. The molecular formula is C18H31N6O6+. The summed E-state index contributed by atoms with van der Waals surface area (Å²) in [5, 5.41) is 21.8. The van der Waals surface area contributed by atoms with Gasteiger partial charge in [-0.15, -0.1) is 0 Å². The molecule has 0 bridgehead atoms. The van der Waals surface area contributed by atoms with Crippen LogP contribution in [0.3, 0.4) is 0 Å². The van der Waals surface area contributed by atoms with Gasteiger partial charge in [-0.2, -0.15) is 0 Å². The Hall–Kier alpha value is -2.70. The zero-order valence-corrected chi connectivity index (χ0v) is 16.8. The molecule has 1 aliphatic heterocycles. The number of hydrogen-bond acceptors (Lipinski definition) is 6. The molecule has 0 radical (unpaired) electrons. The normalized spacial score (nSPS) is 20.8. The number of guanidine groups is 1. The minimum atomic E-state index is -0.924. The van der Waals surface area contributed by atoms with E-state index in [1.165, 1.54) is 6.20 Å². The SMILES string of the molecule is NC(N)=[NH+]CCCCCCNC(=O)Cc1cn([C@H]2C[C@H](O)[C@@H](CO)O2)c(=O)[nH]c1=O. The van der Waals surface area contributed by atoms with E-state index in [2.05, 4.69) is 15.3 Å². The van der Waals surface area contributed by atoms with Crippen molar-refractivity contribution in [3.63, 3.8) is 0 Å². The van der Waals surface area contributed by atoms with Crippen LogP contribution >= 0.6 is 0 Å². The number of nitrogens with one attached hydrogen (secondary N) is 3. The Balaban J connectivity index is 1.83. The van der Waals surface area contributed by atoms with Crippen LogP contribution in [0.2, 0.25) is 0 Å². The number of nitrogens with two attached hydrogens (primary N) is 2. The number of H-pyrrole nitrogens is 1. The predicted octanol–water partition coefficient (Wildman–Crippen LogP) is -4.25. The minimum absolute atomic E-state index is 0.0915. The fourth-order valence-electron chi connectivity index (χ4n) is 3.22. The van der Waals surface area contributed by atoms with Gasteiger partial charge in [0.15, 0.2) is 0 Å². The Labute approximate surface area is 172 Å². The van der Waals surface area contributed by atoms with Gasteiger partial charge in [-0.25, -0.2) is 4.79 Å². The van der Waals surface area contributed by atoms with Crippen molar-refractivity contribution in [2.24, 2.45) is 11.5 Å². The fraction of sp³-hybridized carbons (Fsp3) is 0.667. The lowest BCUT2D eigenvalue weighted by atomic mass is 10.2. The lowest BCUT2D eigenvalue weighted by molar-refractivity contribution is -0.459. The molecule has 12 nitrogen and oxygen atoms in total. The van der Waals surface area contributed by atoms with Crippen molar-refractivity contribution in [2.45, 2.75) is 57.0 Å². The molecule has 0 aliphatic carbocycles. The van der Waals surface area contributed by atoms with E-state index in [0.717, 1.165) is 30.3 Å². The summed E-state index contributed by atoms with van der Waals surface area (Å²) in [6.45, 7) is 0.792. The Morgan fingerprint density at radius 2 is 2.03 bits per heavy atom. The second kappa shape index (κ2) is 11.5. The zero-order chi connectivity index (χ0) is 22.1. The third kappa shape index (κ3) is 6.97. The first-order chi connectivity index (χ1) is 14.3. The van der Waals surface area contributed by atoms with Crippen molar-refractivity contribution >= 4 is 11.9 Å². The van der Waals surface area contributed by atoms with Gasteiger partial charge in [0.1, 0.15) is 12.3 Å². The maximum Gasteiger partial charge on any atom is 0.338 e. The smallest absolute Gasteiger partial charge is 0.338 e. The van der Waals surface area contributed by atoms with E-state index in [4.69, 9.17) is 16.2 Å². The molecule has 1 aromatic rings. The molecule has 3 atom stereocenters. The van der Waals surface area contributed by atoms with Gasteiger partial charge in [0.05, 0.1) is 25.7 Å². The second-order valence-corrected chi connectivity index (χ2v) is 7.26. The van der Waals surface area contributed by atoms with E-state index in [9.17, 15) is 24.6 Å². The van der Waals surface area contributed by atoms with Crippen molar-refractivity contribution in [1.82, 2.24) is 14.9 Å². The molecule has 1 aliphatic rings. The van der Waals surface area contributed by atoms with Crippen LogP contribution in [0.25, 0.3) is 0 Å². The van der Waals surface area contributed by atoms with Crippen LogP contribution in [-0.2, 0) is 16.0 Å². The quantitative estimate of drug-likeness (QED) is 0.105. The number of carbonyl (C=O) groups is 1. The predicted molar refractivity (Wildman–Crippen MR) is 107 cm³/mol. The third-order valence-corrected chi connectivity index (χ3v) is 4.84. The monoisotopic (exact) mass is 427 g/mol. The molecule has 1 saturated heterocycles. The number of aliphatic hydroxyl groups is 2. The Morgan fingerprint density at radius 3 is 2.70 bits per heavy atom. The van der Waals surface area contributed by atoms with E-state index < -0.39 is 29.7 Å². The van der Waals surface area contributed by atoms with E-state index >= 15 is 0 Å². The van der Waals surface area contributed by atoms with Crippen LogP contribution in [0.1, 0.15) is 43.9 Å². The number of aromatic nitrogens is 2. The number of unbranched alkanes of at least 4 members (excludes halogenated alkanes) is 3. The zero-order valence-electron chi connectivity index (χ0n) is 16.8. The molecule has 9 N–H and O–H groups in total. The molecule has 1 amide bonds. The maximum atomic E-state index is 12.1. The summed E-state index contributed by atoms with van der Waals surface area (Å²) >= 11 is 0. The lowest BCUT2D eigenvalue weighted by Crippen LogP contribution is -2.78. The highest BCUT2D eigenvalue weighted by Gasteiger charge is 2.35. The summed E-state index contributed by atoms with van der Waals surface area (Å²) in [5.41, 5.74) is 9.36. The number of rotatable bonds is 11. The van der Waals surface area contributed by atoms with Gasteiger partial charge in [0.2, 0.25) is 5.91 Å². The van der Waals surface area contributed by atoms with Crippen molar-refractivity contribution < 1.29 is 24.7 Å². The number of nitrogens with zero attached hydrogens (tertiary/aromatic N) is 1. The van der Waals surface area contributed by atoms with Crippen molar-refractivity contribution in [3.05, 3.63) is 32.6 Å². The number of aromatic amines is 1. The lowest BCUT2D eigenvalue weighted by Gasteiger charge is -2.15. The van der Waals surface area contributed by atoms with Gasteiger partial charge >= 0.3 is 11.6 Å². The highest BCUT2D eigenvalue weighted by Crippen LogP contribution is 2.27. The van der Waals surface area contributed by atoms with Crippen molar-refractivity contribution in [3.8, 4) is 0 Å². The van der Waals surface area contributed by atoms with Crippen molar-refractivity contribution in [2.75, 3.05) is 19.7 Å². The average molecular weight is 427 g/mol. The Bertz CT molecular complexity index is 846. The number of amides is 1. The first-order valence-electron chi connectivity index (χ1n) is 9.99. The standard InChI is InChI=1S/C18H30N6O6/c19-17(20)22-6-4-2-1-3-5-21-14(27)7-11-9-24(18(29)23-16(11)28)15-8-12(26)13(10-25)30-15/h9,12-13,15,25-26H,1-8,10H2,(H,21,27)(H4,19,20,22)(H,23,28,29)/p+1/t12-,13+,15+/m0/s1. The summed E-state index contributed by atoms with van der Waals surface area (Å²) < 4.78 is 6.57. The fourth-order valence-corrected chi connectivity index (χ4v) is 3.22. The molecule has 30 heavy (non-hydrogen) atoms. The molecule has 0 aromatic carbocycles. The molecule has 0 spiro atoms. The van der Waals surface area contributed by atoms with Crippen LogP contribution < -0.4 is 33.0 Å². The van der Waals surface area contributed by atoms with Gasteiger partial charge in [-0.1, -0.05) is 12.8 Å². The van der Waals surface area contributed by atoms with Gasteiger partial charge in [-0.05, 0) is 12.8 Å². The van der Waals surface area contributed by atoms with Crippen molar-refractivity contribution in [1.29, 1.82) is 0 Å². The molecule has 12 heteroatoms. The van der Waals surface area contributed by atoms with E-state index in [-0.39, 0.29) is 36.9 Å². The highest BCUT2D eigenvalue weighted by atomic mass is 16.5. The molecule has 168 valence electrons. The Morgan fingerprint density at radius 1 is 1.30 bits per heavy atom. The molecule has 1 fully saturated rings. The van der Waals surface area contributed by atoms with Crippen LogP contribution in [0, 0.1) is 0 Å².